The van der Waals surface area contributed by atoms with Gasteiger partial charge in [-0.05, 0) is 25.7 Å². The minimum Gasteiger partial charge on any atom is -0.378 e. The van der Waals surface area contributed by atoms with E-state index < -0.39 is 29.1 Å². The summed E-state index contributed by atoms with van der Waals surface area (Å²) < 4.78 is 27.7. The molecule has 4 heterocycles. The van der Waals surface area contributed by atoms with E-state index in [1.54, 1.807) is 24.7 Å². The van der Waals surface area contributed by atoms with E-state index in [-0.39, 0.29) is 29.4 Å². The monoisotopic (exact) mass is 503 g/mol. The van der Waals surface area contributed by atoms with Gasteiger partial charge in [0.1, 0.15) is 17.8 Å². The summed E-state index contributed by atoms with van der Waals surface area (Å²) in [5, 5.41) is 2.67. The third-order valence-corrected chi connectivity index (χ3v) is 7.43. The molecule has 1 unspecified atom stereocenters. The number of rotatable bonds is 12. The fourth-order valence-corrected chi connectivity index (χ4v) is 5.22. The maximum absolute atomic E-state index is 12.7. The van der Waals surface area contributed by atoms with Crippen molar-refractivity contribution in [2.24, 2.45) is 5.92 Å². The lowest BCUT2D eigenvalue weighted by molar-refractivity contribution is -0.239. The van der Waals surface area contributed by atoms with Gasteiger partial charge in [-0.1, -0.05) is 40.5 Å². The Kier molecular flexibility index (Phi) is 6.92. The third kappa shape index (κ3) is 4.15. The molecule has 2 aliphatic heterocycles. The normalized spacial score (nSPS) is 28.0. The van der Waals surface area contributed by atoms with E-state index in [4.69, 9.17) is 18.9 Å². The van der Waals surface area contributed by atoms with Crippen LogP contribution in [-0.2, 0) is 23.7 Å². The zero-order valence-corrected chi connectivity index (χ0v) is 21.5. The quantitative estimate of drug-likeness (QED) is 0.423. The van der Waals surface area contributed by atoms with Gasteiger partial charge in [-0.3, -0.25) is 24.5 Å². The van der Waals surface area contributed by atoms with Crippen LogP contribution < -0.4 is 10.9 Å². The van der Waals surface area contributed by atoms with E-state index in [9.17, 15) is 9.59 Å². The molecule has 2 N–H and O–H groups in total. The average Bonchev–Trinajstić information content (AvgIpc) is 3.29. The van der Waals surface area contributed by atoms with E-state index in [1.165, 1.54) is 0 Å². The maximum Gasteiger partial charge on any atom is 0.280 e. The van der Waals surface area contributed by atoms with Crippen molar-refractivity contribution in [1.82, 2.24) is 19.5 Å². The molecule has 2 aromatic heterocycles. The Hall–Kier alpha value is -2.34. The van der Waals surface area contributed by atoms with Crippen molar-refractivity contribution >= 4 is 23.0 Å². The van der Waals surface area contributed by atoms with Crippen LogP contribution in [0.5, 0.6) is 0 Å². The van der Waals surface area contributed by atoms with E-state index in [0.717, 1.165) is 38.5 Å². The van der Waals surface area contributed by atoms with E-state index >= 15 is 0 Å². The summed E-state index contributed by atoms with van der Waals surface area (Å²) in [6, 6.07) is 0. The van der Waals surface area contributed by atoms with Gasteiger partial charge in [0, 0.05) is 19.1 Å². The smallest absolute Gasteiger partial charge is 0.280 e. The van der Waals surface area contributed by atoms with Crippen LogP contribution in [0, 0.1) is 5.92 Å². The number of aromatic amines is 1. The minimum atomic E-state index is -0.740. The van der Waals surface area contributed by atoms with Crippen molar-refractivity contribution in [3.05, 3.63) is 16.7 Å². The topological polar surface area (TPSA) is 130 Å². The van der Waals surface area contributed by atoms with Gasteiger partial charge < -0.3 is 18.9 Å². The van der Waals surface area contributed by atoms with Crippen LogP contribution >= 0.6 is 0 Å². The van der Waals surface area contributed by atoms with Gasteiger partial charge in [-0.25, -0.2) is 4.98 Å². The summed E-state index contributed by atoms with van der Waals surface area (Å²) >= 11 is 0. The van der Waals surface area contributed by atoms with Crippen LogP contribution in [0.25, 0.3) is 11.2 Å². The van der Waals surface area contributed by atoms with Crippen molar-refractivity contribution in [2.75, 3.05) is 25.1 Å². The summed E-state index contributed by atoms with van der Waals surface area (Å²) in [7, 11) is 0. The van der Waals surface area contributed by atoms with Crippen molar-refractivity contribution in [3.63, 3.8) is 0 Å². The van der Waals surface area contributed by atoms with Gasteiger partial charge in [0.15, 0.2) is 23.0 Å². The molecule has 11 nitrogen and oxygen atoms in total. The molecule has 0 aromatic carbocycles. The first-order chi connectivity index (χ1) is 17.4. The Morgan fingerprint density at radius 3 is 2.69 bits per heavy atom. The largest absolute Gasteiger partial charge is 0.378 e. The molecule has 1 aliphatic carbocycles. The predicted octanol–water partition coefficient (Wildman–Crippen LogP) is 2.92. The third-order valence-electron chi connectivity index (χ3n) is 7.43. The van der Waals surface area contributed by atoms with Crippen LogP contribution in [-0.4, -0.2) is 68.7 Å². The van der Waals surface area contributed by atoms with Crippen molar-refractivity contribution in [2.45, 2.75) is 95.9 Å². The highest BCUT2D eigenvalue weighted by Crippen LogP contribution is 2.65. The highest BCUT2D eigenvalue weighted by Gasteiger charge is 2.79. The van der Waals surface area contributed by atoms with E-state index in [0.29, 0.717) is 25.5 Å². The van der Waals surface area contributed by atoms with Gasteiger partial charge in [0.05, 0.1) is 12.9 Å². The molecule has 3 aliphatic rings. The molecular formula is C25H37N5O6. The Morgan fingerprint density at radius 1 is 1.25 bits per heavy atom. The number of imidazole rings is 1. The summed E-state index contributed by atoms with van der Waals surface area (Å²) in [5.74, 6) is -0.433. The number of nitrogens with one attached hydrogen (secondary N) is 2. The SMILES string of the molecule is CCCCOC[C@]12O[C@@H](n3cnc4c(=O)[nH]c(NC(=O)C(C)C)nc43)[C@@H](OC13CC3)C2OCCCC. The summed E-state index contributed by atoms with van der Waals surface area (Å²) in [5.41, 5.74) is -1.10. The van der Waals surface area contributed by atoms with Crippen molar-refractivity contribution < 1.29 is 23.7 Å². The Balaban J connectivity index is 1.48. The fourth-order valence-electron chi connectivity index (χ4n) is 5.22. The van der Waals surface area contributed by atoms with Gasteiger partial charge in [0.2, 0.25) is 11.9 Å². The number of H-pyrrole nitrogens is 1. The molecule has 1 spiro atoms. The second-order valence-electron chi connectivity index (χ2n) is 10.4. The molecule has 36 heavy (non-hydrogen) atoms. The number of fused-ring (bicyclic) bond motifs is 4. The zero-order chi connectivity index (χ0) is 25.5. The lowest BCUT2D eigenvalue weighted by Gasteiger charge is -2.38. The molecule has 5 rings (SSSR count). The molecule has 1 amide bonds. The van der Waals surface area contributed by atoms with Gasteiger partial charge in [-0.2, -0.15) is 4.98 Å². The number of unbranched alkanes of at least 4 members (excludes halogenated alkanes) is 2. The molecule has 4 atom stereocenters. The van der Waals surface area contributed by atoms with Crippen molar-refractivity contribution in [3.8, 4) is 0 Å². The van der Waals surface area contributed by atoms with Gasteiger partial charge in [-0.15, -0.1) is 0 Å². The number of carbonyl (C=O) groups excluding carboxylic acids is 1. The molecular weight excluding hydrogens is 466 g/mol. The molecule has 11 heteroatoms. The minimum absolute atomic E-state index is 0.0732. The van der Waals surface area contributed by atoms with Gasteiger partial charge in [0.25, 0.3) is 5.56 Å². The van der Waals surface area contributed by atoms with Crippen LogP contribution in [0.4, 0.5) is 5.95 Å². The zero-order valence-electron chi connectivity index (χ0n) is 21.5. The standard InChI is InChI=1S/C25H37N5O6/c1-5-7-11-33-13-25-18(34-12-8-6-2)17(35-24(25)9-10-24)22(36-25)30-14-26-16-19(30)27-23(29-21(16)32)28-20(31)15(3)4/h14-15,17-18,22H,5-13H2,1-4H3,(H2,27,28,29,31,32)/t17-,18?,22+,25+/m0/s1. The first-order valence-electron chi connectivity index (χ1n) is 13.2. The number of hydrogen-bond donors (Lipinski definition) is 2. The molecule has 198 valence electrons. The second-order valence-corrected chi connectivity index (χ2v) is 10.4. The summed E-state index contributed by atoms with van der Waals surface area (Å²) in [6.45, 7) is 9.44. The number of amides is 1. The Bertz CT molecular complexity index is 1160. The first-order valence-corrected chi connectivity index (χ1v) is 13.2. The number of hydrogen-bond acceptors (Lipinski definition) is 8. The molecule has 1 saturated carbocycles. The number of nitrogens with zero attached hydrogens (tertiary/aromatic N) is 3. The number of ether oxygens (including phenoxy) is 4. The number of carbonyl (C=O) groups is 1. The lowest BCUT2D eigenvalue weighted by atomic mass is 9.91. The second kappa shape index (κ2) is 9.85. The van der Waals surface area contributed by atoms with Crippen LogP contribution in [0.3, 0.4) is 0 Å². The summed E-state index contributed by atoms with van der Waals surface area (Å²) in [6.07, 6.45) is 6.04. The predicted molar refractivity (Wildman–Crippen MR) is 132 cm³/mol. The summed E-state index contributed by atoms with van der Waals surface area (Å²) in [4.78, 5) is 36.3. The van der Waals surface area contributed by atoms with Crippen molar-refractivity contribution in [1.29, 1.82) is 0 Å². The number of aromatic nitrogens is 4. The van der Waals surface area contributed by atoms with E-state index in [2.05, 4.69) is 34.1 Å². The average molecular weight is 504 g/mol. The number of anilines is 1. The van der Waals surface area contributed by atoms with Crippen LogP contribution in [0.2, 0.25) is 0 Å². The van der Waals surface area contributed by atoms with Crippen LogP contribution in [0.1, 0.15) is 72.4 Å². The highest BCUT2D eigenvalue weighted by atomic mass is 16.7. The fraction of sp³-hybridized carbons (Fsp3) is 0.760. The lowest BCUT2D eigenvalue weighted by Crippen LogP contribution is -2.53. The first kappa shape index (κ1) is 25.3. The molecule has 2 aromatic rings. The molecule has 0 radical (unpaired) electrons. The van der Waals surface area contributed by atoms with Gasteiger partial charge >= 0.3 is 0 Å². The maximum atomic E-state index is 12.7. The van der Waals surface area contributed by atoms with E-state index in [1.807, 2.05) is 0 Å². The molecule has 2 bridgehead atoms. The molecule has 3 fully saturated rings. The Labute approximate surface area is 210 Å². The Morgan fingerprint density at radius 2 is 2.00 bits per heavy atom. The highest BCUT2D eigenvalue weighted by molar-refractivity contribution is 5.91. The van der Waals surface area contributed by atoms with Crippen LogP contribution in [0.15, 0.2) is 11.1 Å². The molecule has 2 saturated heterocycles.